The van der Waals surface area contributed by atoms with Crippen molar-refractivity contribution in [1.82, 2.24) is 10.3 Å². The van der Waals surface area contributed by atoms with Crippen LogP contribution in [0.4, 0.5) is 5.69 Å². The van der Waals surface area contributed by atoms with Crippen LogP contribution in [0.1, 0.15) is 12.8 Å². The maximum atomic E-state index is 12.1. The molecule has 1 aliphatic heterocycles. The highest BCUT2D eigenvalue weighted by Gasteiger charge is 2.20. The van der Waals surface area contributed by atoms with E-state index in [0.29, 0.717) is 0 Å². The van der Waals surface area contributed by atoms with Gasteiger partial charge in [0.05, 0.1) is 0 Å². The quantitative estimate of drug-likeness (QED) is 0.756. The van der Waals surface area contributed by atoms with E-state index in [9.17, 15) is 4.79 Å². The Morgan fingerprint density at radius 3 is 2.89 bits per heavy atom. The summed E-state index contributed by atoms with van der Waals surface area (Å²) < 4.78 is 0. The van der Waals surface area contributed by atoms with Gasteiger partial charge in [0.1, 0.15) is 0 Å². The first kappa shape index (κ1) is 11.3. The van der Waals surface area contributed by atoms with Crippen LogP contribution in [0.25, 0.3) is 10.9 Å². The third kappa shape index (κ3) is 2.24. The molecule has 0 saturated carbocycles. The van der Waals surface area contributed by atoms with Gasteiger partial charge in [0.15, 0.2) is 0 Å². The van der Waals surface area contributed by atoms with Gasteiger partial charge >= 0.3 is 0 Å². The molecule has 3 rings (SSSR count). The van der Waals surface area contributed by atoms with E-state index in [1.807, 2.05) is 30.5 Å². The minimum Gasteiger partial charge on any atom is -0.361 e. The van der Waals surface area contributed by atoms with Gasteiger partial charge < -0.3 is 15.6 Å². The van der Waals surface area contributed by atoms with Crippen LogP contribution >= 0.6 is 0 Å². The molecule has 1 aromatic carbocycles. The van der Waals surface area contributed by atoms with Gasteiger partial charge in [-0.25, -0.2) is 0 Å². The van der Waals surface area contributed by atoms with Gasteiger partial charge in [0.25, 0.3) is 0 Å². The molecule has 0 unspecified atom stereocenters. The van der Waals surface area contributed by atoms with E-state index in [0.717, 1.165) is 42.5 Å². The number of rotatable bonds is 2. The number of hydrogen-bond donors (Lipinski definition) is 3. The third-order valence-corrected chi connectivity index (χ3v) is 3.53. The molecule has 2 heterocycles. The summed E-state index contributed by atoms with van der Waals surface area (Å²) in [7, 11) is 0. The monoisotopic (exact) mass is 243 g/mol. The number of nitrogens with one attached hydrogen (secondary N) is 3. The number of amides is 1. The maximum Gasteiger partial charge on any atom is 0.227 e. The number of carbonyl (C=O) groups excluding carboxylic acids is 1. The molecule has 3 N–H and O–H groups in total. The van der Waals surface area contributed by atoms with Crippen molar-refractivity contribution < 1.29 is 4.79 Å². The number of fused-ring (bicyclic) bond motifs is 1. The molecule has 4 nitrogen and oxygen atoms in total. The van der Waals surface area contributed by atoms with Gasteiger partial charge in [0.2, 0.25) is 5.91 Å². The third-order valence-electron chi connectivity index (χ3n) is 3.53. The van der Waals surface area contributed by atoms with Crippen LogP contribution in [0.15, 0.2) is 30.5 Å². The van der Waals surface area contributed by atoms with Crippen molar-refractivity contribution in [3.05, 3.63) is 30.5 Å². The molecule has 1 saturated heterocycles. The second kappa shape index (κ2) is 4.82. The van der Waals surface area contributed by atoms with Crippen molar-refractivity contribution >= 4 is 22.5 Å². The van der Waals surface area contributed by atoms with Crippen molar-refractivity contribution in [2.45, 2.75) is 12.8 Å². The molecule has 4 heteroatoms. The molecule has 0 spiro atoms. The molecular formula is C14H17N3O. The summed E-state index contributed by atoms with van der Waals surface area (Å²) in [5.74, 6) is 0.291. The maximum absolute atomic E-state index is 12.1. The van der Waals surface area contributed by atoms with Crippen molar-refractivity contribution in [3.8, 4) is 0 Å². The SMILES string of the molecule is O=C(Nc1ccc2[nH]ccc2c1)C1CCNCC1. The highest BCUT2D eigenvalue weighted by Crippen LogP contribution is 2.20. The number of aromatic nitrogens is 1. The highest BCUT2D eigenvalue weighted by molar-refractivity contribution is 5.95. The Kier molecular flexibility index (Phi) is 3.02. The highest BCUT2D eigenvalue weighted by atomic mass is 16.1. The summed E-state index contributed by atoms with van der Waals surface area (Å²) in [6.45, 7) is 1.88. The number of benzene rings is 1. The number of aromatic amines is 1. The van der Waals surface area contributed by atoms with E-state index in [-0.39, 0.29) is 11.8 Å². The van der Waals surface area contributed by atoms with Crippen LogP contribution in [0.5, 0.6) is 0 Å². The Balaban J connectivity index is 1.72. The average Bonchev–Trinajstić information content (AvgIpc) is 2.87. The number of H-pyrrole nitrogens is 1. The summed E-state index contributed by atoms with van der Waals surface area (Å²) in [6.07, 6.45) is 3.76. The molecule has 0 aliphatic carbocycles. The Morgan fingerprint density at radius 2 is 2.06 bits per heavy atom. The molecular weight excluding hydrogens is 226 g/mol. The van der Waals surface area contributed by atoms with E-state index in [4.69, 9.17) is 0 Å². The fourth-order valence-electron chi connectivity index (χ4n) is 2.46. The number of hydrogen-bond acceptors (Lipinski definition) is 2. The van der Waals surface area contributed by atoms with E-state index >= 15 is 0 Å². The van der Waals surface area contributed by atoms with Crippen LogP contribution in [-0.4, -0.2) is 24.0 Å². The molecule has 0 radical (unpaired) electrons. The van der Waals surface area contributed by atoms with E-state index in [1.54, 1.807) is 0 Å². The second-order valence-electron chi connectivity index (χ2n) is 4.79. The molecule has 1 aromatic heterocycles. The molecule has 1 aliphatic rings. The van der Waals surface area contributed by atoms with Crippen molar-refractivity contribution in [2.75, 3.05) is 18.4 Å². The zero-order valence-electron chi connectivity index (χ0n) is 10.2. The largest absolute Gasteiger partial charge is 0.361 e. The summed E-state index contributed by atoms with van der Waals surface area (Å²) in [4.78, 5) is 15.2. The first-order valence-corrected chi connectivity index (χ1v) is 6.42. The van der Waals surface area contributed by atoms with Crippen LogP contribution in [0.2, 0.25) is 0 Å². The minimum atomic E-state index is 0.145. The molecule has 0 bridgehead atoms. The lowest BCUT2D eigenvalue weighted by Gasteiger charge is -2.21. The van der Waals surface area contributed by atoms with Gasteiger partial charge in [-0.2, -0.15) is 0 Å². The second-order valence-corrected chi connectivity index (χ2v) is 4.79. The lowest BCUT2D eigenvalue weighted by Crippen LogP contribution is -2.34. The Morgan fingerprint density at radius 1 is 1.22 bits per heavy atom. The summed E-state index contributed by atoms with van der Waals surface area (Å²) in [5.41, 5.74) is 1.97. The summed E-state index contributed by atoms with van der Waals surface area (Å²) in [5, 5.41) is 7.41. The van der Waals surface area contributed by atoms with E-state index in [2.05, 4.69) is 15.6 Å². The zero-order chi connectivity index (χ0) is 12.4. The number of anilines is 1. The predicted molar refractivity (Wildman–Crippen MR) is 72.5 cm³/mol. The van der Waals surface area contributed by atoms with Crippen LogP contribution in [0.3, 0.4) is 0 Å². The molecule has 94 valence electrons. The Bertz CT molecular complexity index is 555. The molecule has 18 heavy (non-hydrogen) atoms. The van der Waals surface area contributed by atoms with Crippen LogP contribution in [0, 0.1) is 5.92 Å². The van der Waals surface area contributed by atoms with Gasteiger partial charge in [-0.3, -0.25) is 4.79 Å². The van der Waals surface area contributed by atoms with Gasteiger partial charge in [-0.05, 0) is 50.2 Å². The van der Waals surface area contributed by atoms with Crippen LogP contribution < -0.4 is 10.6 Å². The zero-order valence-corrected chi connectivity index (χ0v) is 10.2. The number of piperidine rings is 1. The predicted octanol–water partition coefficient (Wildman–Crippen LogP) is 2.11. The molecule has 1 amide bonds. The molecule has 1 fully saturated rings. The van der Waals surface area contributed by atoms with Crippen LogP contribution in [-0.2, 0) is 4.79 Å². The smallest absolute Gasteiger partial charge is 0.227 e. The van der Waals surface area contributed by atoms with Gasteiger partial charge in [-0.15, -0.1) is 0 Å². The topological polar surface area (TPSA) is 56.9 Å². The lowest BCUT2D eigenvalue weighted by molar-refractivity contribution is -0.120. The number of carbonyl (C=O) groups is 1. The van der Waals surface area contributed by atoms with Crippen molar-refractivity contribution in [3.63, 3.8) is 0 Å². The van der Waals surface area contributed by atoms with Gasteiger partial charge in [-0.1, -0.05) is 0 Å². The fourth-order valence-corrected chi connectivity index (χ4v) is 2.46. The standard InChI is InChI=1S/C14H17N3O/c18-14(10-3-6-15-7-4-10)17-12-1-2-13-11(9-12)5-8-16-13/h1-2,5,8-10,15-16H,3-4,6-7H2,(H,17,18). The molecule has 0 atom stereocenters. The summed E-state index contributed by atoms with van der Waals surface area (Å²) >= 11 is 0. The average molecular weight is 243 g/mol. The van der Waals surface area contributed by atoms with E-state index in [1.165, 1.54) is 0 Å². The van der Waals surface area contributed by atoms with Gasteiger partial charge in [0, 0.05) is 28.7 Å². The fraction of sp³-hybridized carbons (Fsp3) is 0.357. The lowest BCUT2D eigenvalue weighted by atomic mass is 9.97. The Labute approximate surface area is 106 Å². The first-order chi connectivity index (χ1) is 8.83. The normalized spacial score (nSPS) is 16.9. The molecule has 2 aromatic rings. The van der Waals surface area contributed by atoms with Crippen molar-refractivity contribution in [1.29, 1.82) is 0 Å². The summed E-state index contributed by atoms with van der Waals surface area (Å²) in [6, 6.07) is 7.95. The van der Waals surface area contributed by atoms with Crippen molar-refractivity contribution in [2.24, 2.45) is 5.92 Å². The van der Waals surface area contributed by atoms with E-state index < -0.39 is 0 Å². The first-order valence-electron chi connectivity index (χ1n) is 6.42. The Hall–Kier alpha value is -1.81. The minimum absolute atomic E-state index is 0.145.